The van der Waals surface area contributed by atoms with Crippen molar-refractivity contribution in [2.24, 2.45) is 5.92 Å². The minimum absolute atomic E-state index is 0.0551. The number of thioether (sulfide) groups is 1. The zero-order valence-corrected chi connectivity index (χ0v) is 27.2. The number of ether oxygens (including phenoxy) is 1. The van der Waals surface area contributed by atoms with Crippen LogP contribution in [0.3, 0.4) is 0 Å². The van der Waals surface area contributed by atoms with E-state index < -0.39 is 11.6 Å². The summed E-state index contributed by atoms with van der Waals surface area (Å²) >= 11 is 1.96. The molecular formula is C39H46N2O3S. The van der Waals surface area contributed by atoms with Crippen molar-refractivity contribution in [3.8, 4) is 0 Å². The van der Waals surface area contributed by atoms with Gasteiger partial charge >= 0.3 is 0 Å². The van der Waals surface area contributed by atoms with Crippen LogP contribution in [0.1, 0.15) is 54.5 Å². The molecule has 5 nitrogen and oxygen atoms in total. The second-order valence-corrected chi connectivity index (χ2v) is 13.5. The van der Waals surface area contributed by atoms with Crippen LogP contribution in [-0.4, -0.2) is 41.5 Å². The number of carbonyl (C=O) groups is 1. The summed E-state index contributed by atoms with van der Waals surface area (Å²) in [6.07, 6.45) is 2.20. The monoisotopic (exact) mass is 622 g/mol. The Morgan fingerprint density at radius 2 is 1.44 bits per heavy atom. The summed E-state index contributed by atoms with van der Waals surface area (Å²) in [5.74, 6) is 2.29. The first kappa shape index (κ1) is 33.0. The molecule has 236 valence electrons. The molecule has 6 heteroatoms. The van der Waals surface area contributed by atoms with E-state index in [-0.39, 0.29) is 24.0 Å². The van der Waals surface area contributed by atoms with E-state index in [1.54, 1.807) is 0 Å². The molecule has 0 spiro atoms. The van der Waals surface area contributed by atoms with E-state index in [9.17, 15) is 9.90 Å². The predicted octanol–water partition coefficient (Wildman–Crippen LogP) is 6.88. The zero-order valence-electron chi connectivity index (χ0n) is 26.4. The number of benzene rings is 4. The average Bonchev–Trinajstić information content (AvgIpc) is 3.56. The number of amides is 1. The van der Waals surface area contributed by atoms with Crippen LogP contribution in [0.25, 0.3) is 0 Å². The van der Waals surface area contributed by atoms with Crippen LogP contribution in [0.2, 0.25) is 0 Å². The van der Waals surface area contributed by atoms with Gasteiger partial charge in [0.25, 0.3) is 0 Å². The molecule has 3 N–H and O–H groups in total. The van der Waals surface area contributed by atoms with Gasteiger partial charge in [0.05, 0.1) is 24.8 Å². The van der Waals surface area contributed by atoms with Crippen LogP contribution < -0.4 is 10.6 Å². The lowest BCUT2D eigenvalue weighted by atomic mass is 9.77. The average molecular weight is 623 g/mol. The van der Waals surface area contributed by atoms with Gasteiger partial charge in [-0.15, -0.1) is 0 Å². The standard InChI is InChI=1S/C39H46N2O3S/c1-29(2)24-37(39(43,33-14-8-4-9-15-33)34-16-10-5-11-17-34)41-38(42)36-25-35(26-40-36)44-27-31-20-18-30(19-21-31)22-23-45-28-32-12-6-3-7-13-32/h3-21,29,35-37,40,43H,22-28H2,1-2H3,(H,41,42)/t35-,36+,37+/m1/s1. The Hall–Kier alpha value is -3.42. The van der Waals surface area contributed by atoms with Crippen LogP contribution in [-0.2, 0) is 33.9 Å². The Labute approximate surface area is 272 Å². The lowest BCUT2D eigenvalue weighted by molar-refractivity contribution is -0.126. The maximum Gasteiger partial charge on any atom is 0.237 e. The summed E-state index contributed by atoms with van der Waals surface area (Å²) < 4.78 is 6.24. The Morgan fingerprint density at radius 1 is 0.867 bits per heavy atom. The van der Waals surface area contributed by atoms with E-state index in [1.165, 1.54) is 11.1 Å². The highest BCUT2D eigenvalue weighted by molar-refractivity contribution is 7.98. The molecular weight excluding hydrogens is 577 g/mol. The topological polar surface area (TPSA) is 70.6 Å². The number of carbonyl (C=O) groups excluding carboxylic acids is 1. The van der Waals surface area contributed by atoms with Gasteiger partial charge < -0.3 is 20.5 Å². The molecule has 3 atom stereocenters. The number of aliphatic hydroxyl groups is 1. The normalized spacial score (nSPS) is 17.3. The van der Waals surface area contributed by atoms with E-state index in [4.69, 9.17) is 4.74 Å². The van der Waals surface area contributed by atoms with Gasteiger partial charge in [0.1, 0.15) is 5.60 Å². The molecule has 1 saturated heterocycles. The van der Waals surface area contributed by atoms with Crippen molar-refractivity contribution in [3.63, 3.8) is 0 Å². The van der Waals surface area contributed by atoms with Crippen molar-refractivity contribution >= 4 is 17.7 Å². The Morgan fingerprint density at radius 3 is 2.04 bits per heavy atom. The molecule has 0 bridgehead atoms. The Bertz CT molecular complexity index is 1410. The van der Waals surface area contributed by atoms with Gasteiger partial charge in [0.2, 0.25) is 5.91 Å². The maximum atomic E-state index is 13.7. The highest BCUT2D eigenvalue weighted by atomic mass is 32.2. The van der Waals surface area contributed by atoms with Crippen LogP contribution in [0.4, 0.5) is 0 Å². The van der Waals surface area contributed by atoms with Crippen molar-refractivity contribution < 1.29 is 14.6 Å². The molecule has 0 aliphatic carbocycles. The van der Waals surface area contributed by atoms with E-state index in [1.807, 2.05) is 72.4 Å². The summed E-state index contributed by atoms with van der Waals surface area (Å²) in [6, 6.07) is 37.7. The number of hydrogen-bond donors (Lipinski definition) is 3. The van der Waals surface area contributed by atoms with Gasteiger partial charge in [-0.1, -0.05) is 129 Å². The van der Waals surface area contributed by atoms with Gasteiger partial charge in [-0.2, -0.15) is 11.8 Å². The molecule has 5 rings (SSSR count). The molecule has 1 amide bonds. The minimum Gasteiger partial charge on any atom is -0.378 e. The van der Waals surface area contributed by atoms with E-state index in [2.05, 4.69) is 79.1 Å². The zero-order chi connectivity index (χ0) is 31.5. The van der Waals surface area contributed by atoms with Crippen molar-refractivity contribution in [2.45, 2.75) is 69.3 Å². The van der Waals surface area contributed by atoms with E-state index in [0.717, 1.165) is 34.6 Å². The second-order valence-electron chi connectivity index (χ2n) is 12.4. The smallest absolute Gasteiger partial charge is 0.237 e. The lowest BCUT2D eigenvalue weighted by Crippen LogP contribution is -2.55. The Kier molecular flexibility index (Phi) is 11.9. The first-order valence-electron chi connectivity index (χ1n) is 16.1. The predicted molar refractivity (Wildman–Crippen MR) is 185 cm³/mol. The van der Waals surface area contributed by atoms with Gasteiger partial charge in [-0.3, -0.25) is 4.79 Å². The maximum absolute atomic E-state index is 13.7. The quantitative estimate of drug-likeness (QED) is 0.126. The van der Waals surface area contributed by atoms with Crippen molar-refractivity contribution in [3.05, 3.63) is 143 Å². The molecule has 1 aliphatic heterocycles. The van der Waals surface area contributed by atoms with Crippen LogP contribution in [0.15, 0.2) is 115 Å². The van der Waals surface area contributed by atoms with Gasteiger partial charge in [-0.25, -0.2) is 0 Å². The molecule has 1 fully saturated rings. The lowest BCUT2D eigenvalue weighted by Gasteiger charge is -2.39. The first-order chi connectivity index (χ1) is 21.9. The molecule has 4 aromatic carbocycles. The summed E-state index contributed by atoms with van der Waals surface area (Å²) in [5.41, 5.74) is 3.99. The third-order valence-electron chi connectivity index (χ3n) is 8.52. The van der Waals surface area contributed by atoms with Crippen molar-refractivity contribution in [1.29, 1.82) is 0 Å². The van der Waals surface area contributed by atoms with Crippen LogP contribution in [0.5, 0.6) is 0 Å². The fraction of sp³-hybridized carbons (Fsp3) is 0.359. The van der Waals surface area contributed by atoms with Crippen LogP contribution in [0, 0.1) is 5.92 Å². The number of hydrogen-bond acceptors (Lipinski definition) is 5. The highest BCUT2D eigenvalue weighted by Gasteiger charge is 2.42. The molecule has 45 heavy (non-hydrogen) atoms. The van der Waals surface area contributed by atoms with Gasteiger partial charge in [0, 0.05) is 12.3 Å². The molecule has 0 radical (unpaired) electrons. The number of aryl methyl sites for hydroxylation is 1. The van der Waals surface area contributed by atoms with Crippen molar-refractivity contribution in [2.75, 3.05) is 12.3 Å². The molecule has 1 heterocycles. The number of rotatable bonds is 15. The minimum atomic E-state index is -1.37. The fourth-order valence-corrected chi connectivity index (χ4v) is 6.98. The summed E-state index contributed by atoms with van der Waals surface area (Å²) in [6.45, 7) is 5.36. The van der Waals surface area contributed by atoms with E-state index >= 15 is 0 Å². The van der Waals surface area contributed by atoms with Gasteiger partial charge in [0.15, 0.2) is 0 Å². The van der Waals surface area contributed by atoms with Gasteiger partial charge in [-0.05, 0) is 58.8 Å². The molecule has 0 saturated carbocycles. The molecule has 0 aromatic heterocycles. The fourth-order valence-electron chi connectivity index (χ4n) is 6.03. The molecule has 0 unspecified atom stereocenters. The molecule has 1 aliphatic rings. The summed E-state index contributed by atoms with van der Waals surface area (Å²) in [7, 11) is 0. The Balaban J connectivity index is 1.14. The van der Waals surface area contributed by atoms with Crippen LogP contribution >= 0.6 is 11.8 Å². The first-order valence-corrected chi connectivity index (χ1v) is 17.3. The highest BCUT2D eigenvalue weighted by Crippen LogP contribution is 2.36. The van der Waals surface area contributed by atoms with E-state index in [0.29, 0.717) is 26.0 Å². The number of nitrogens with one attached hydrogen (secondary N) is 2. The molecule has 4 aromatic rings. The van der Waals surface area contributed by atoms with Crippen molar-refractivity contribution in [1.82, 2.24) is 10.6 Å². The third-order valence-corrected chi connectivity index (χ3v) is 9.55. The summed E-state index contributed by atoms with van der Waals surface area (Å²) in [5, 5.41) is 19.0. The SMILES string of the molecule is CC(C)C[C@H](NC(=O)[C@@H]1C[C@@H](OCc2ccc(CCSCc3ccccc3)cc2)CN1)C(O)(c1ccccc1)c1ccccc1. The third kappa shape index (κ3) is 9.08. The second kappa shape index (κ2) is 16.2. The largest absolute Gasteiger partial charge is 0.378 e. The summed E-state index contributed by atoms with van der Waals surface area (Å²) in [4.78, 5) is 13.7.